The van der Waals surface area contributed by atoms with E-state index in [4.69, 9.17) is 10.5 Å². The van der Waals surface area contributed by atoms with Crippen molar-refractivity contribution in [2.75, 3.05) is 11.1 Å². The molecule has 0 saturated heterocycles. The first-order valence-electron chi connectivity index (χ1n) is 9.85. The van der Waals surface area contributed by atoms with Gasteiger partial charge in [0.2, 0.25) is 0 Å². The van der Waals surface area contributed by atoms with Gasteiger partial charge in [-0.25, -0.2) is 17.8 Å². The van der Waals surface area contributed by atoms with E-state index >= 15 is 0 Å². The maximum atomic E-state index is 13.5. The van der Waals surface area contributed by atoms with Gasteiger partial charge >= 0.3 is 0 Å². The largest absolute Gasteiger partial charge is 0.397 e. The van der Waals surface area contributed by atoms with Crippen LogP contribution in [-0.2, 0) is 9.73 Å². The Morgan fingerprint density at radius 2 is 1.45 bits per heavy atom. The summed E-state index contributed by atoms with van der Waals surface area (Å²) >= 11 is 0. The second-order valence-electron chi connectivity index (χ2n) is 7.30. The molecule has 0 spiro atoms. The Balaban J connectivity index is 1.56. The Hall–Kier alpha value is -4.04. The van der Waals surface area contributed by atoms with Crippen LogP contribution in [0.3, 0.4) is 0 Å². The molecule has 8 heteroatoms. The summed E-state index contributed by atoms with van der Waals surface area (Å²) in [4.78, 5) is 13.0. The Morgan fingerprint density at radius 1 is 0.788 bits per heavy atom. The highest BCUT2D eigenvalue weighted by atomic mass is 32.2. The standard InChI is InChI=1S/C25H19F2N3O2S/c26-19-9-4-16(5-10-19)18-8-13-23(28)24(14-18)30-25(31)17-6-11-21(12-7-17)33(29,32)22-3-1-2-20(27)15-22/h1-15,29H,28H2,(H,30,31). The van der Waals surface area contributed by atoms with Gasteiger partial charge in [-0.1, -0.05) is 24.3 Å². The highest BCUT2D eigenvalue weighted by Crippen LogP contribution is 2.28. The molecule has 166 valence electrons. The van der Waals surface area contributed by atoms with Crippen molar-refractivity contribution in [3.63, 3.8) is 0 Å². The fraction of sp³-hybridized carbons (Fsp3) is 0. The van der Waals surface area contributed by atoms with Gasteiger partial charge in [0.15, 0.2) is 0 Å². The maximum Gasteiger partial charge on any atom is 0.255 e. The quantitative estimate of drug-likeness (QED) is 0.320. The van der Waals surface area contributed by atoms with E-state index in [1.165, 1.54) is 54.6 Å². The zero-order chi connectivity index (χ0) is 23.6. The molecule has 0 saturated carbocycles. The third kappa shape index (κ3) is 4.75. The number of rotatable bonds is 5. The van der Waals surface area contributed by atoms with E-state index in [2.05, 4.69) is 5.32 Å². The van der Waals surface area contributed by atoms with E-state index in [1.807, 2.05) is 0 Å². The number of benzene rings is 4. The molecule has 0 heterocycles. The number of nitrogens with one attached hydrogen (secondary N) is 2. The van der Waals surface area contributed by atoms with Crippen molar-refractivity contribution in [1.82, 2.24) is 0 Å². The molecule has 4 aromatic carbocycles. The second kappa shape index (κ2) is 8.84. The molecule has 0 radical (unpaired) electrons. The summed E-state index contributed by atoms with van der Waals surface area (Å²) in [6, 6.07) is 21.9. The van der Waals surface area contributed by atoms with Crippen LogP contribution >= 0.6 is 0 Å². The van der Waals surface area contributed by atoms with Crippen LogP contribution in [0.2, 0.25) is 0 Å². The van der Waals surface area contributed by atoms with Crippen molar-refractivity contribution in [3.8, 4) is 11.1 Å². The van der Waals surface area contributed by atoms with E-state index in [0.717, 1.165) is 17.2 Å². The number of nitrogen functional groups attached to an aromatic ring is 1. The van der Waals surface area contributed by atoms with E-state index < -0.39 is 21.5 Å². The summed E-state index contributed by atoms with van der Waals surface area (Å²) in [7, 11) is -3.43. The number of anilines is 2. The van der Waals surface area contributed by atoms with Crippen LogP contribution in [0.1, 0.15) is 10.4 Å². The average molecular weight is 464 g/mol. The number of halogens is 2. The Labute approximate surface area is 189 Å². The lowest BCUT2D eigenvalue weighted by Gasteiger charge is -2.12. The third-order valence-electron chi connectivity index (χ3n) is 5.06. The molecule has 4 aromatic rings. The molecule has 0 bridgehead atoms. The maximum absolute atomic E-state index is 13.5. The fourth-order valence-corrected chi connectivity index (χ4v) is 4.60. The molecule has 0 fully saturated rings. The van der Waals surface area contributed by atoms with Crippen molar-refractivity contribution >= 4 is 27.0 Å². The van der Waals surface area contributed by atoms with Crippen LogP contribution in [0.4, 0.5) is 20.2 Å². The fourth-order valence-electron chi connectivity index (χ4n) is 3.26. The number of hydrogen-bond acceptors (Lipinski definition) is 4. The Bertz CT molecular complexity index is 1440. The topological polar surface area (TPSA) is 96.0 Å². The van der Waals surface area contributed by atoms with Gasteiger partial charge in [-0.15, -0.1) is 0 Å². The smallest absolute Gasteiger partial charge is 0.255 e. The van der Waals surface area contributed by atoms with Crippen LogP contribution in [0.15, 0.2) is 101 Å². The lowest BCUT2D eigenvalue weighted by atomic mass is 10.0. The van der Waals surface area contributed by atoms with Crippen LogP contribution in [0.5, 0.6) is 0 Å². The molecule has 4 N–H and O–H groups in total. The first-order valence-corrected chi connectivity index (χ1v) is 11.4. The predicted molar refractivity (Wildman–Crippen MR) is 124 cm³/mol. The Morgan fingerprint density at radius 3 is 2.12 bits per heavy atom. The van der Waals surface area contributed by atoms with Crippen LogP contribution in [-0.4, -0.2) is 10.1 Å². The number of carbonyl (C=O) groups is 1. The third-order valence-corrected chi connectivity index (χ3v) is 6.91. The van der Waals surface area contributed by atoms with Gasteiger partial charge in [-0.2, -0.15) is 0 Å². The molecule has 5 nitrogen and oxygen atoms in total. The van der Waals surface area contributed by atoms with Crippen molar-refractivity contribution in [2.24, 2.45) is 0 Å². The number of hydrogen-bond donors (Lipinski definition) is 3. The van der Waals surface area contributed by atoms with Crippen molar-refractivity contribution < 1.29 is 17.8 Å². The first kappa shape index (κ1) is 22.2. The van der Waals surface area contributed by atoms with Gasteiger partial charge < -0.3 is 11.1 Å². The lowest BCUT2D eigenvalue weighted by molar-refractivity contribution is 0.102. The molecular formula is C25H19F2N3O2S. The molecule has 0 aromatic heterocycles. The van der Waals surface area contributed by atoms with Gasteiger partial charge in [-0.05, 0) is 77.9 Å². The second-order valence-corrected chi connectivity index (χ2v) is 9.36. The zero-order valence-corrected chi connectivity index (χ0v) is 18.0. The molecule has 0 aliphatic heterocycles. The molecule has 33 heavy (non-hydrogen) atoms. The number of nitrogens with two attached hydrogens (primary N) is 1. The van der Waals surface area contributed by atoms with E-state index in [-0.39, 0.29) is 21.2 Å². The minimum atomic E-state index is -3.43. The highest BCUT2D eigenvalue weighted by molar-refractivity contribution is 7.92. The summed E-state index contributed by atoms with van der Waals surface area (Å²) in [6.45, 7) is 0. The van der Waals surface area contributed by atoms with E-state index in [9.17, 15) is 17.8 Å². The van der Waals surface area contributed by atoms with Crippen LogP contribution in [0.25, 0.3) is 11.1 Å². The molecular weight excluding hydrogens is 444 g/mol. The van der Waals surface area contributed by atoms with Gasteiger partial charge in [0.25, 0.3) is 5.91 Å². The summed E-state index contributed by atoms with van der Waals surface area (Å²) in [6.07, 6.45) is 0. The average Bonchev–Trinajstić information content (AvgIpc) is 2.81. The van der Waals surface area contributed by atoms with E-state index in [0.29, 0.717) is 11.4 Å². The van der Waals surface area contributed by atoms with Gasteiger partial charge in [0.1, 0.15) is 21.4 Å². The normalized spacial score (nSPS) is 12.7. The van der Waals surface area contributed by atoms with Crippen molar-refractivity contribution in [2.45, 2.75) is 9.79 Å². The number of carbonyl (C=O) groups excluding carboxylic acids is 1. The van der Waals surface area contributed by atoms with Crippen molar-refractivity contribution in [3.05, 3.63) is 108 Å². The molecule has 0 aliphatic carbocycles. The zero-order valence-electron chi connectivity index (χ0n) is 17.2. The van der Waals surface area contributed by atoms with Gasteiger partial charge in [-0.3, -0.25) is 4.79 Å². The lowest BCUT2D eigenvalue weighted by Crippen LogP contribution is -2.13. The van der Waals surface area contributed by atoms with Gasteiger partial charge in [0, 0.05) is 5.56 Å². The highest BCUT2D eigenvalue weighted by Gasteiger charge is 2.16. The van der Waals surface area contributed by atoms with Crippen LogP contribution < -0.4 is 11.1 Å². The molecule has 1 atom stereocenters. The van der Waals surface area contributed by atoms with Crippen molar-refractivity contribution in [1.29, 1.82) is 4.78 Å². The first-order chi connectivity index (χ1) is 15.7. The summed E-state index contributed by atoms with van der Waals surface area (Å²) < 4.78 is 47.8. The molecule has 1 unspecified atom stereocenters. The Kier molecular flexibility index (Phi) is 5.93. The minimum absolute atomic E-state index is 0.0464. The SMILES string of the molecule is N=S(=O)(c1ccc(C(=O)Nc2cc(-c3ccc(F)cc3)ccc2N)cc1)c1cccc(F)c1. The number of amides is 1. The van der Waals surface area contributed by atoms with Crippen LogP contribution in [0, 0.1) is 16.4 Å². The minimum Gasteiger partial charge on any atom is -0.397 e. The van der Waals surface area contributed by atoms with E-state index in [1.54, 1.807) is 30.3 Å². The predicted octanol–water partition coefficient (Wildman–Crippen LogP) is 5.93. The summed E-state index contributed by atoms with van der Waals surface area (Å²) in [5, 5.41) is 2.74. The summed E-state index contributed by atoms with van der Waals surface area (Å²) in [5.74, 6) is -1.38. The molecule has 4 rings (SSSR count). The molecule has 1 amide bonds. The van der Waals surface area contributed by atoms with Gasteiger partial charge in [0.05, 0.1) is 21.2 Å². The monoisotopic (exact) mass is 463 g/mol. The summed E-state index contributed by atoms with van der Waals surface area (Å²) in [5.41, 5.74) is 8.52. The molecule has 0 aliphatic rings.